The Labute approximate surface area is 144 Å². The van der Waals surface area contributed by atoms with Crippen LogP contribution >= 0.6 is 0 Å². The van der Waals surface area contributed by atoms with Gasteiger partial charge in [0.1, 0.15) is 12.1 Å². The van der Waals surface area contributed by atoms with Crippen molar-refractivity contribution in [3.8, 4) is 11.3 Å². The lowest BCUT2D eigenvalue weighted by molar-refractivity contribution is -0.384. The van der Waals surface area contributed by atoms with E-state index in [1.165, 1.54) is 24.7 Å². The van der Waals surface area contributed by atoms with E-state index in [2.05, 4.69) is 9.97 Å². The van der Waals surface area contributed by atoms with Crippen LogP contribution in [0.4, 0.5) is 10.1 Å². The van der Waals surface area contributed by atoms with Gasteiger partial charge in [-0.1, -0.05) is 0 Å². The van der Waals surface area contributed by atoms with Gasteiger partial charge in [0.15, 0.2) is 0 Å². The molecule has 3 N–H and O–H groups in total. The molecule has 0 unspecified atom stereocenters. The minimum absolute atomic E-state index is 0.272. The Morgan fingerprint density at radius 2 is 2.00 bits per heavy atom. The Kier molecular flexibility index (Phi) is 6.91. The van der Waals surface area contributed by atoms with Gasteiger partial charge in [-0.15, -0.1) is 0 Å². The second-order valence-electron chi connectivity index (χ2n) is 5.98. The van der Waals surface area contributed by atoms with Gasteiger partial charge in [-0.25, -0.2) is 14.4 Å². The molecule has 1 fully saturated rings. The van der Waals surface area contributed by atoms with Gasteiger partial charge < -0.3 is 10.8 Å². The fourth-order valence-electron chi connectivity index (χ4n) is 2.69. The van der Waals surface area contributed by atoms with E-state index in [-0.39, 0.29) is 11.3 Å². The summed E-state index contributed by atoms with van der Waals surface area (Å²) in [6.07, 6.45) is 7.20. The van der Waals surface area contributed by atoms with E-state index in [0.29, 0.717) is 24.3 Å². The molecule has 1 heterocycles. The summed E-state index contributed by atoms with van der Waals surface area (Å²) in [5, 5.41) is 19.5. The summed E-state index contributed by atoms with van der Waals surface area (Å²) in [4.78, 5) is 17.7. The minimum Gasteiger partial charge on any atom is -0.396 e. The quantitative estimate of drug-likeness (QED) is 0.651. The van der Waals surface area contributed by atoms with Crippen molar-refractivity contribution < 1.29 is 14.4 Å². The molecule has 1 aliphatic carbocycles. The van der Waals surface area contributed by atoms with Crippen molar-refractivity contribution in [2.45, 2.75) is 31.7 Å². The van der Waals surface area contributed by atoms with Gasteiger partial charge in [-0.2, -0.15) is 0 Å². The van der Waals surface area contributed by atoms with E-state index in [4.69, 9.17) is 10.8 Å². The van der Waals surface area contributed by atoms with Gasteiger partial charge >= 0.3 is 0 Å². The van der Waals surface area contributed by atoms with Crippen LogP contribution in [0.25, 0.3) is 11.3 Å². The smallest absolute Gasteiger partial charge is 0.281 e. The minimum atomic E-state index is -0.649. The number of aliphatic hydroxyl groups is 1. The topological polar surface area (TPSA) is 115 Å². The van der Waals surface area contributed by atoms with E-state index in [1.807, 2.05) is 0 Å². The molecule has 0 radical (unpaired) electrons. The van der Waals surface area contributed by atoms with Crippen molar-refractivity contribution in [3.05, 3.63) is 52.7 Å². The van der Waals surface area contributed by atoms with Crippen LogP contribution in [0.5, 0.6) is 0 Å². The zero-order valence-electron chi connectivity index (χ0n) is 13.7. The largest absolute Gasteiger partial charge is 0.396 e. The molecule has 1 saturated carbocycles. The number of nitro groups is 1. The van der Waals surface area contributed by atoms with Crippen LogP contribution in [0, 0.1) is 21.8 Å². The van der Waals surface area contributed by atoms with E-state index < -0.39 is 10.7 Å². The molecule has 0 spiro atoms. The van der Waals surface area contributed by atoms with Gasteiger partial charge in [0.05, 0.1) is 22.2 Å². The van der Waals surface area contributed by atoms with Crippen LogP contribution < -0.4 is 5.73 Å². The molecule has 134 valence electrons. The van der Waals surface area contributed by atoms with Crippen LogP contribution in [0.3, 0.4) is 0 Å². The molecule has 1 aliphatic rings. The fourth-order valence-corrected chi connectivity index (χ4v) is 2.69. The zero-order chi connectivity index (χ0) is 18.2. The van der Waals surface area contributed by atoms with Crippen molar-refractivity contribution in [3.63, 3.8) is 0 Å². The maximum atomic E-state index is 12.9. The Bertz CT molecular complexity index is 692. The average molecular weight is 348 g/mol. The molecular weight excluding hydrogens is 327 g/mol. The third-order valence-corrected chi connectivity index (χ3v) is 4.16. The van der Waals surface area contributed by atoms with Gasteiger partial charge in [-0.3, -0.25) is 10.1 Å². The van der Waals surface area contributed by atoms with Crippen LogP contribution in [-0.2, 0) is 0 Å². The summed E-state index contributed by atoms with van der Waals surface area (Å²) >= 11 is 0. The monoisotopic (exact) mass is 348 g/mol. The molecule has 1 aromatic carbocycles. The molecular formula is C17H21FN4O3. The van der Waals surface area contributed by atoms with Gasteiger partial charge in [0.25, 0.3) is 5.69 Å². The molecule has 25 heavy (non-hydrogen) atoms. The van der Waals surface area contributed by atoms with Gasteiger partial charge in [0.2, 0.25) is 0 Å². The SMILES string of the molecule is NC1CCC(CO)CC1.O=[N+]([O-])c1cc(F)ccc1-c1ccncn1. The average Bonchev–Trinajstić information content (AvgIpc) is 2.63. The second kappa shape index (κ2) is 9.14. The van der Waals surface area contributed by atoms with Gasteiger partial charge in [-0.05, 0) is 49.8 Å². The molecule has 0 bridgehead atoms. The first kappa shape index (κ1) is 18.9. The highest BCUT2D eigenvalue weighted by atomic mass is 19.1. The number of nitrogens with two attached hydrogens (primary N) is 1. The van der Waals surface area contributed by atoms with Gasteiger partial charge in [0, 0.05) is 18.8 Å². The summed E-state index contributed by atoms with van der Waals surface area (Å²) in [6, 6.07) is 5.30. The number of hydrogen-bond acceptors (Lipinski definition) is 6. The normalized spacial score (nSPS) is 19.6. The van der Waals surface area contributed by atoms with Crippen LogP contribution in [-0.4, -0.2) is 32.6 Å². The summed E-state index contributed by atoms with van der Waals surface area (Å²) in [5.74, 6) is -0.102. The number of halogens is 1. The molecule has 1 aromatic heterocycles. The molecule has 0 atom stereocenters. The predicted octanol–water partition coefficient (Wildman–Crippen LogP) is 2.69. The van der Waals surface area contributed by atoms with Crippen molar-refractivity contribution in [1.82, 2.24) is 9.97 Å². The zero-order valence-corrected chi connectivity index (χ0v) is 13.7. The lowest BCUT2D eigenvalue weighted by atomic mass is 9.87. The first-order valence-corrected chi connectivity index (χ1v) is 8.08. The molecule has 2 aromatic rings. The van der Waals surface area contributed by atoms with Crippen molar-refractivity contribution in [1.29, 1.82) is 0 Å². The van der Waals surface area contributed by atoms with Crippen molar-refractivity contribution >= 4 is 5.69 Å². The predicted molar refractivity (Wildman–Crippen MR) is 91.1 cm³/mol. The van der Waals surface area contributed by atoms with Crippen molar-refractivity contribution in [2.24, 2.45) is 11.7 Å². The maximum Gasteiger partial charge on any atom is 0.281 e. The molecule has 0 saturated heterocycles. The third-order valence-electron chi connectivity index (χ3n) is 4.16. The van der Waals surface area contributed by atoms with E-state index in [0.717, 1.165) is 37.8 Å². The molecule has 8 heteroatoms. The third kappa shape index (κ3) is 5.54. The Balaban J connectivity index is 0.000000212. The van der Waals surface area contributed by atoms with E-state index in [9.17, 15) is 14.5 Å². The van der Waals surface area contributed by atoms with Crippen molar-refractivity contribution in [2.75, 3.05) is 6.61 Å². The summed E-state index contributed by atoms with van der Waals surface area (Å²) in [7, 11) is 0. The molecule has 0 aliphatic heterocycles. The summed E-state index contributed by atoms with van der Waals surface area (Å²) < 4.78 is 12.9. The highest BCUT2D eigenvalue weighted by Gasteiger charge is 2.17. The fraction of sp³-hybridized carbons (Fsp3) is 0.412. The highest BCUT2D eigenvalue weighted by molar-refractivity contribution is 5.70. The van der Waals surface area contributed by atoms with Crippen LogP contribution in [0.2, 0.25) is 0 Å². The first-order valence-electron chi connectivity index (χ1n) is 8.08. The lowest BCUT2D eigenvalue weighted by Crippen LogP contribution is -2.27. The number of nitrogens with zero attached hydrogens (tertiary/aromatic N) is 3. The van der Waals surface area contributed by atoms with E-state index >= 15 is 0 Å². The molecule has 7 nitrogen and oxygen atoms in total. The first-order chi connectivity index (χ1) is 12.0. The van der Waals surface area contributed by atoms with E-state index in [1.54, 1.807) is 0 Å². The second-order valence-corrected chi connectivity index (χ2v) is 5.98. The maximum absolute atomic E-state index is 12.9. The van der Waals surface area contributed by atoms with Crippen LogP contribution in [0.1, 0.15) is 25.7 Å². The molecule has 0 amide bonds. The summed E-state index contributed by atoms with van der Waals surface area (Å²) in [5.41, 5.74) is 6.03. The number of hydrogen-bond donors (Lipinski definition) is 2. The number of aliphatic hydroxyl groups excluding tert-OH is 1. The standard InChI is InChI=1S/C10H6FN3O2.C7H15NO/c11-7-1-2-8(10(5-7)14(15)16)9-3-4-12-6-13-9;8-7-3-1-6(5-9)2-4-7/h1-6H;6-7,9H,1-5,8H2. The summed E-state index contributed by atoms with van der Waals surface area (Å²) in [6.45, 7) is 0.354. The van der Waals surface area contributed by atoms with Crippen LogP contribution in [0.15, 0.2) is 36.8 Å². The number of nitro benzene ring substituents is 1. The Morgan fingerprint density at radius 1 is 1.28 bits per heavy atom. The number of aromatic nitrogens is 2. The number of rotatable bonds is 3. The highest BCUT2D eigenvalue weighted by Crippen LogP contribution is 2.28. The lowest BCUT2D eigenvalue weighted by Gasteiger charge is -2.23. The molecule has 3 rings (SSSR count). The number of benzene rings is 1. The Hall–Kier alpha value is -2.45. The Morgan fingerprint density at radius 3 is 2.56 bits per heavy atom.